The number of amides is 2. The summed E-state index contributed by atoms with van der Waals surface area (Å²) in [7, 11) is 0. The van der Waals surface area contributed by atoms with Crippen LogP contribution >= 0.6 is 0 Å². The Balaban J connectivity index is 2.17. The van der Waals surface area contributed by atoms with Gasteiger partial charge in [0.1, 0.15) is 5.82 Å². The van der Waals surface area contributed by atoms with E-state index in [4.69, 9.17) is 5.26 Å². The van der Waals surface area contributed by atoms with E-state index in [1.165, 1.54) is 12.1 Å². The van der Waals surface area contributed by atoms with Crippen molar-refractivity contribution in [2.75, 3.05) is 13.1 Å². The van der Waals surface area contributed by atoms with E-state index in [0.29, 0.717) is 25.9 Å². The van der Waals surface area contributed by atoms with E-state index in [9.17, 15) is 9.18 Å². The van der Waals surface area contributed by atoms with E-state index in [0.717, 1.165) is 5.56 Å². The summed E-state index contributed by atoms with van der Waals surface area (Å²) in [6, 6.07) is 7.80. The minimum atomic E-state index is -0.289. The van der Waals surface area contributed by atoms with Crippen molar-refractivity contribution in [2.24, 2.45) is 0 Å². The fourth-order valence-corrected chi connectivity index (χ4v) is 1.27. The maximum atomic E-state index is 12.6. The van der Waals surface area contributed by atoms with Gasteiger partial charge in [-0.2, -0.15) is 5.26 Å². The number of benzene rings is 1. The molecule has 0 saturated heterocycles. The molecule has 0 aliphatic heterocycles. The number of nitrogens with one attached hydrogen (secondary N) is 2. The van der Waals surface area contributed by atoms with Crippen molar-refractivity contribution in [3.8, 4) is 6.07 Å². The van der Waals surface area contributed by atoms with Gasteiger partial charge in [0.05, 0.1) is 12.5 Å². The van der Waals surface area contributed by atoms with Crippen LogP contribution in [-0.4, -0.2) is 19.1 Å². The van der Waals surface area contributed by atoms with Gasteiger partial charge < -0.3 is 10.6 Å². The first kappa shape index (κ1) is 13.0. The van der Waals surface area contributed by atoms with Crippen LogP contribution < -0.4 is 10.6 Å². The Morgan fingerprint density at radius 2 is 1.88 bits per heavy atom. The maximum Gasteiger partial charge on any atom is 0.314 e. The third-order valence-electron chi connectivity index (χ3n) is 2.13. The summed E-state index contributed by atoms with van der Waals surface area (Å²) in [6.45, 7) is 0.822. The highest BCUT2D eigenvalue weighted by atomic mass is 19.1. The predicted molar refractivity (Wildman–Crippen MR) is 61.7 cm³/mol. The Labute approximate surface area is 99.4 Å². The van der Waals surface area contributed by atoms with Crippen molar-refractivity contribution in [1.29, 1.82) is 5.26 Å². The first-order chi connectivity index (χ1) is 8.22. The van der Waals surface area contributed by atoms with E-state index in [2.05, 4.69) is 10.6 Å². The molecule has 90 valence electrons. The van der Waals surface area contributed by atoms with Gasteiger partial charge in [-0.15, -0.1) is 0 Å². The van der Waals surface area contributed by atoms with E-state index in [1.807, 2.05) is 6.07 Å². The fraction of sp³-hybridized carbons (Fsp3) is 0.333. The van der Waals surface area contributed by atoms with Crippen molar-refractivity contribution in [3.63, 3.8) is 0 Å². The molecule has 1 rings (SSSR count). The van der Waals surface area contributed by atoms with Crippen LogP contribution in [0.5, 0.6) is 0 Å². The van der Waals surface area contributed by atoms with Crippen LogP contribution in [0.2, 0.25) is 0 Å². The summed E-state index contributed by atoms with van der Waals surface area (Å²) in [4.78, 5) is 11.2. The predicted octanol–water partition coefficient (Wildman–Crippen LogP) is 1.58. The third-order valence-corrected chi connectivity index (χ3v) is 2.13. The molecule has 0 aromatic heterocycles. The first-order valence-electron chi connectivity index (χ1n) is 5.35. The highest BCUT2D eigenvalue weighted by Crippen LogP contribution is 2.02. The van der Waals surface area contributed by atoms with Gasteiger partial charge in [-0.05, 0) is 24.1 Å². The van der Waals surface area contributed by atoms with Crippen molar-refractivity contribution < 1.29 is 9.18 Å². The second kappa shape index (κ2) is 7.23. The smallest absolute Gasteiger partial charge is 0.314 e. The number of nitriles is 1. The molecule has 2 N–H and O–H groups in total. The third kappa shape index (κ3) is 5.52. The molecule has 0 aliphatic rings. The lowest BCUT2D eigenvalue weighted by molar-refractivity contribution is 0.241. The minimum Gasteiger partial charge on any atom is -0.338 e. The lowest BCUT2D eigenvalue weighted by Gasteiger charge is -2.06. The van der Waals surface area contributed by atoms with Gasteiger partial charge in [-0.25, -0.2) is 9.18 Å². The quantitative estimate of drug-likeness (QED) is 0.761. The number of nitrogens with zero attached hydrogens (tertiary/aromatic N) is 1. The standard InChI is InChI=1S/C12H14FN3O/c13-11-4-2-10(3-5-11)6-9-16-12(17)15-8-1-7-14/h2-5H,1,6,8-9H2,(H2,15,16,17). The van der Waals surface area contributed by atoms with Crippen molar-refractivity contribution in [2.45, 2.75) is 12.8 Å². The molecule has 1 aromatic carbocycles. The lowest BCUT2D eigenvalue weighted by atomic mass is 10.1. The number of halogens is 1. The highest BCUT2D eigenvalue weighted by molar-refractivity contribution is 5.73. The number of hydrogen-bond acceptors (Lipinski definition) is 2. The Morgan fingerprint density at radius 3 is 2.53 bits per heavy atom. The molecular weight excluding hydrogens is 221 g/mol. The Bertz CT molecular complexity index is 397. The summed E-state index contributed by atoms with van der Waals surface area (Å²) in [5, 5.41) is 13.5. The van der Waals surface area contributed by atoms with E-state index in [-0.39, 0.29) is 11.8 Å². The van der Waals surface area contributed by atoms with Crippen LogP contribution in [0.3, 0.4) is 0 Å². The van der Waals surface area contributed by atoms with Gasteiger partial charge in [0.15, 0.2) is 0 Å². The Hall–Kier alpha value is -2.09. The number of urea groups is 1. The normalized spacial score (nSPS) is 9.41. The van der Waals surface area contributed by atoms with Gasteiger partial charge in [-0.1, -0.05) is 12.1 Å². The first-order valence-corrected chi connectivity index (χ1v) is 5.35. The van der Waals surface area contributed by atoms with Crippen molar-refractivity contribution in [1.82, 2.24) is 10.6 Å². The summed E-state index contributed by atoms with van der Waals surface area (Å²) < 4.78 is 12.6. The van der Waals surface area contributed by atoms with Crippen LogP contribution in [0, 0.1) is 17.1 Å². The van der Waals surface area contributed by atoms with Crippen molar-refractivity contribution >= 4 is 6.03 Å². The van der Waals surface area contributed by atoms with Gasteiger partial charge in [0.25, 0.3) is 0 Å². The van der Waals surface area contributed by atoms with E-state index in [1.54, 1.807) is 12.1 Å². The fourth-order valence-electron chi connectivity index (χ4n) is 1.27. The molecule has 0 aliphatic carbocycles. The van der Waals surface area contributed by atoms with Crippen molar-refractivity contribution in [3.05, 3.63) is 35.6 Å². The molecule has 0 bridgehead atoms. The van der Waals surface area contributed by atoms with Gasteiger partial charge >= 0.3 is 6.03 Å². The average Bonchev–Trinajstić information content (AvgIpc) is 2.32. The molecule has 2 amide bonds. The summed E-state index contributed by atoms with van der Waals surface area (Å²) in [6.07, 6.45) is 0.942. The SMILES string of the molecule is N#CCCNC(=O)NCCc1ccc(F)cc1. The maximum absolute atomic E-state index is 12.6. The zero-order valence-electron chi connectivity index (χ0n) is 9.37. The number of rotatable bonds is 5. The van der Waals surface area contributed by atoms with Crippen LogP contribution in [-0.2, 0) is 6.42 Å². The molecule has 0 fully saturated rings. The van der Waals surface area contributed by atoms with Gasteiger partial charge in [0, 0.05) is 13.1 Å². The lowest BCUT2D eigenvalue weighted by Crippen LogP contribution is -2.36. The Kier molecular flexibility index (Phi) is 5.52. The van der Waals surface area contributed by atoms with Gasteiger partial charge in [-0.3, -0.25) is 0 Å². The zero-order valence-corrected chi connectivity index (χ0v) is 9.37. The molecule has 0 spiro atoms. The van der Waals surface area contributed by atoms with Crippen LogP contribution in [0.1, 0.15) is 12.0 Å². The summed E-state index contributed by atoms with van der Waals surface area (Å²) >= 11 is 0. The van der Waals surface area contributed by atoms with Crippen LogP contribution in [0.4, 0.5) is 9.18 Å². The highest BCUT2D eigenvalue weighted by Gasteiger charge is 1.99. The summed E-state index contributed by atoms with van der Waals surface area (Å²) in [5.74, 6) is -0.268. The molecule has 17 heavy (non-hydrogen) atoms. The minimum absolute atomic E-state index is 0.268. The number of hydrogen-bond donors (Lipinski definition) is 2. The molecule has 0 heterocycles. The van der Waals surface area contributed by atoms with Gasteiger partial charge in [0.2, 0.25) is 0 Å². The zero-order chi connectivity index (χ0) is 12.5. The number of carbonyl (C=O) groups excluding carboxylic acids is 1. The Morgan fingerprint density at radius 1 is 1.24 bits per heavy atom. The summed E-state index contributed by atoms with van der Waals surface area (Å²) in [5.41, 5.74) is 0.962. The molecule has 0 radical (unpaired) electrons. The topological polar surface area (TPSA) is 64.9 Å². The monoisotopic (exact) mass is 235 g/mol. The second-order valence-electron chi connectivity index (χ2n) is 3.47. The molecule has 0 atom stereocenters. The van der Waals surface area contributed by atoms with Crippen LogP contribution in [0.15, 0.2) is 24.3 Å². The van der Waals surface area contributed by atoms with E-state index < -0.39 is 0 Å². The second-order valence-corrected chi connectivity index (χ2v) is 3.47. The van der Waals surface area contributed by atoms with E-state index >= 15 is 0 Å². The largest absolute Gasteiger partial charge is 0.338 e. The van der Waals surface area contributed by atoms with Crippen LogP contribution in [0.25, 0.3) is 0 Å². The number of carbonyl (C=O) groups is 1. The molecule has 0 saturated carbocycles. The molecule has 0 unspecified atom stereocenters. The molecule has 5 heteroatoms. The molecule has 1 aromatic rings. The average molecular weight is 235 g/mol. The molecular formula is C12H14FN3O. The molecule has 4 nitrogen and oxygen atoms in total.